The zero-order chi connectivity index (χ0) is 18.5. The Hall–Kier alpha value is -2.68. The number of rotatable bonds is 4. The standard InChI is InChI=1S/C22H14Cl2O2/c23-19-9-3-15(4-10-19)1-7-17-13-22(26)18(14-21(17)25)8-2-16-5-11-20(24)12-6-16/h1-14H/b7-1+,8-2+. The van der Waals surface area contributed by atoms with E-state index in [4.69, 9.17) is 23.2 Å². The number of hydrogen-bond acceptors (Lipinski definition) is 2. The third-order valence-electron chi connectivity index (χ3n) is 3.79. The van der Waals surface area contributed by atoms with Gasteiger partial charge in [0, 0.05) is 21.2 Å². The molecule has 0 spiro atoms. The molecule has 1 aliphatic rings. The number of ketones is 2. The van der Waals surface area contributed by atoms with Gasteiger partial charge in [-0.05, 0) is 47.5 Å². The Morgan fingerprint density at radius 1 is 0.538 bits per heavy atom. The molecular weight excluding hydrogens is 367 g/mol. The molecule has 0 N–H and O–H groups in total. The van der Waals surface area contributed by atoms with E-state index in [-0.39, 0.29) is 11.6 Å². The van der Waals surface area contributed by atoms with Crippen LogP contribution < -0.4 is 0 Å². The summed E-state index contributed by atoms with van der Waals surface area (Å²) in [5, 5.41) is 1.29. The van der Waals surface area contributed by atoms with Crippen LogP contribution >= 0.6 is 23.2 Å². The second kappa shape index (κ2) is 8.13. The maximum Gasteiger partial charge on any atom is 0.186 e. The maximum absolute atomic E-state index is 12.3. The van der Waals surface area contributed by atoms with Crippen LogP contribution in [-0.4, -0.2) is 11.6 Å². The summed E-state index contributed by atoms with van der Waals surface area (Å²) in [6.07, 6.45) is 9.54. The molecule has 2 nitrogen and oxygen atoms in total. The number of allylic oxidation sites excluding steroid dienone is 6. The fourth-order valence-electron chi connectivity index (χ4n) is 2.37. The molecule has 2 aromatic rings. The van der Waals surface area contributed by atoms with Gasteiger partial charge in [0.25, 0.3) is 0 Å². The maximum atomic E-state index is 12.3. The number of benzene rings is 2. The summed E-state index contributed by atoms with van der Waals surface area (Å²) in [6.45, 7) is 0. The minimum absolute atomic E-state index is 0.203. The molecule has 3 rings (SSSR count). The summed E-state index contributed by atoms with van der Waals surface area (Å²) < 4.78 is 0. The number of carbonyl (C=O) groups is 2. The van der Waals surface area contributed by atoms with Crippen molar-refractivity contribution in [3.8, 4) is 0 Å². The van der Waals surface area contributed by atoms with Crippen LogP contribution in [0.15, 0.2) is 84.0 Å². The van der Waals surface area contributed by atoms with Crippen molar-refractivity contribution in [1.29, 1.82) is 0 Å². The first kappa shape index (κ1) is 18.1. The molecule has 4 heteroatoms. The molecule has 26 heavy (non-hydrogen) atoms. The molecular formula is C22H14Cl2O2. The zero-order valence-corrected chi connectivity index (χ0v) is 15.2. The Morgan fingerprint density at radius 3 is 1.23 bits per heavy atom. The van der Waals surface area contributed by atoms with Crippen LogP contribution in [0.5, 0.6) is 0 Å². The predicted octanol–water partition coefficient (Wildman–Crippen LogP) is 5.72. The fourth-order valence-corrected chi connectivity index (χ4v) is 2.62. The molecule has 0 amide bonds. The Labute approximate surface area is 161 Å². The van der Waals surface area contributed by atoms with Crippen molar-refractivity contribution >= 4 is 46.9 Å². The van der Waals surface area contributed by atoms with Gasteiger partial charge in [0.05, 0.1) is 0 Å². The second-order valence-corrected chi connectivity index (χ2v) is 6.57. The molecule has 0 radical (unpaired) electrons. The summed E-state index contributed by atoms with van der Waals surface area (Å²) in [4.78, 5) is 24.5. The van der Waals surface area contributed by atoms with E-state index in [0.29, 0.717) is 21.2 Å². The van der Waals surface area contributed by atoms with Crippen LogP contribution in [0.3, 0.4) is 0 Å². The Balaban J connectivity index is 1.73. The summed E-state index contributed by atoms with van der Waals surface area (Å²) >= 11 is 11.7. The van der Waals surface area contributed by atoms with Crippen LogP contribution in [0.2, 0.25) is 10.0 Å². The minimum atomic E-state index is -0.203. The van der Waals surface area contributed by atoms with Gasteiger partial charge in [-0.2, -0.15) is 0 Å². The largest absolute Gasteiger partial charge is 0.289 e. The molecule has 0 aliphatic heterocycles. The lowest BCUT2D eigenvalue weighted by Gasteiger charge is -2.06. The van der Waals surface area contributed by atoms with Crippen molar-refractivity contribution in [2.45, 2.75) is 0 Å². The fraction of sp³-hybridized carbons (Fsp3) is 0. The molecule has 1 aliphatic carbocycles. The van der Waals surface area contributed by atoms with E-state index in [9.17, 15) is 9.59 Å². The van der Waals surface area contributed by atoms with Crippen LogP contribution in [-0.2, 0) is 9.59 Å². The van der Waals surface area contributed by atoms with Crippen molar-refractivity contribution < 1.29 is 9.59 Å². The van der Waals surface area contributed by atoms with Gasteiger partial charge in [-0.3, -0.25) is 9.59 Å². The summed E-state index contributed by atoms with van der Waals surface area (Å²) in [5.74, 6) is -0.406. The number of halogens is 2. The molecule has 0 unspecified atom stereocenters. The zero-order valence-electron chi connectivity index (χ0n) is 13.7. The highest BCUT2D eigenvalue weighted by Gasteiger charge is 2.16. The molecule has 2 aromatic carbocycles. The lowest BCUT2D eigenvalue weighted by Crippen LogP contribution is -2.10. The lowest BCUT2D eigenvalue weighted by atomic mass is 9.95. The molecule has 0 atom stereocenters. The van der Waals surface area contributed by atoms with Gasteiger partial charge in [0.1, 0.15) is 0 Å². The monoisotopic (exact) mass is 380 g/mol. The van der Waals surface area contributed by atoms with Crippen molar-refractivity contribution in [3.63, 3.8) is 0 Å². The Morgan fingerprint density at radius 2 is 0.885 bits per heavy atom. The van der Waals surface area contributed by atoms with Gasteiger partial charge in [0.2, 0.25) is 0 Å². The number of carbonyl (C=O) groups excluding carboxylic acids is 2. The lowest BCUT2D eigenvalue weighted by molar-refractivity contribution is -0.114. The molecule has 0 heterocycles. The van der Waals surface area contributed by atoms with E-state index in [2.05, 4.69) is 0 Å². The third-order valence-corrected chi connectivity index (χ3v) is 4.30. The van der Waals surface area contributed by atoms with Gasteiger partial charge in [-0.1, -0.05) is 71.8 Å². The molecule has 0 saturated heterocycles. The van der Waals surface area contributed by atoms with Crippen molar-refractivity contribution in [1.82, 2.24) is 0 Å². The Bertz CT molecular complexity index is 879. The Kier molecular flexibility index (Phi) is 5.67. The van der Waals surface area contributed by atoms with Crippen LogP contribution in [0.1, 0.15) is 11.1 Å². The first-order chi connectivity index (χ1) is 12.5. The SMILES string of the molecule is O=C1C=C(/C=C/c2ccc(Cl)cc2)C(=O)C=C1/C=C/c1ccc(Cl)cc1. The summed E-state index contributed by atoms with van der Waals surface area (Å²) in [6, 6.07) is 14.4. The smallest absolute Gasteiger partial charge is 0.186 e. The van der Waals surface area contributed by atoms with Crippen LogP contribution in [0, 0.1) is 0 Å². The van der Waals surface area contributed by atoms with E-state index < -0.39 is 0 Å². The highest BCUT2D eigenvalue weighted by atomic mass is 35.5. The van der Waals surface area contributed by atoms with E-state index in [0.717, 1.165) is 11.1 Å². The van der Waals surface area contributed by atoms with E-state index >= 15 is 0 Å². The topological polar surface area (TPSA) is 34.1 Å². The first-order valence-electron chi connectivity index (χ1n) is 7.91. The van der Waals surface area contributed by atoms with Crippen molar-refractivity contribution in [2.24, 2.45) is 0 Å². The van der Waals surface area contributed by atoms with Gasteiger partial charge in [0.15, 0.2) is 11.6 Å². The quantitative estimate of drug-likeness (QED) is 0.635. The molecule has 0 aromatic heterocycles. The van der Waals surface area contributed by atoms with E-state index in [1.54, 1.807) is 48.6 Å². The third kappa shape index (κ3) is 4.69. The van der Waals surface area contributed by atoms with Crippen LogP contribution in [0.25, 0.3) is 12.2 Å². The normalized spacial score (nSPS) is 14.8. The molecule has 0 bridgehead atoms. The van der Waals surface area contributed by atoms with Gasteiger partial charge >= 0.3 is 0 Å². The first-order valence-corrected chi connectivity index (χ1v) is 8.66. The minimum Gasteiger partial charge on any atom is -0.289 e. The summed E-state index contributed by atoms with van der Waals surface area (Å²) in [5.41, 5.74) is 2.50. The summed E-state index contributed by atoms with van der Waals surface area (Å²) in [7, 11) is 0. The highest BCUT2D eigenvalue weighted by Crippen LogP contribution is 2.18. The number of hydrogen-bond donors (Lipinski definition) is 0. The van der Waals surface area contributed by atoms with Crippen molar-refractivity contribution in [2.75, 3.05) is 0 Å². The second-order valence-electron chi connectivity index (χ2n) is 5.70. The average Bonchev–Trinajstić information content (AvgIpc) is 2.63. The van der Waals surface area contributed by atoms with Crippen LogP contribution in [0.4, 0.5) is 0 Å². The highest BCUT2D eigenvalue weighted by molar-refractivity contribution is 6.30. The van der Waals surface area contributed by atoms with Gasteiger partial charge < -0.3 is 0 Å². The molecule has 128 valence electrons. The van der Waals surface area contributed by atoms with Gasteiger partial charge in [-0.25, -0.2) is 0 Å². The van der Waals surface area contributed by atoms with E-state index in [1.165, 1.54) is 12.2 Å². The predicted molar refractivity (Wildman–Crippen MR) is 107 cm³/mol. The average molecular weight is 381 g/mol. The van der Waals surface area contributed by atoms with E-state index in [1.807, 2.05) is 24.3 Å². The molecule has 0 saturated carbocycles. The molecule has 0 fully saturated rings. The van der Waals surface area contributed by atoms with Crippen molar-refractivity contribution in [3.05, 3.63) is 105 Å². The van der Waals surface area contributed by atoms with Gasteiger partial charge in [-0.15, -0.1) is 0 Å².